The predicted molar refractivity (Wildman–Crippen MR) is 84.9 cm³/mol. The molecule has 0 spiro atoms. The lowest BCUT2D eigenvalue weighted by Gasteiger charge is -2.22. The van der Waals surface area contributed by atoms with E-state index in [0.29, 0.717) is 12.1 Å². The van der Waals surface area contributed by atoms with E-state index in [1.807, 2.05) is 11.9 Å². The zero-order valence-corrected chi connectivity index (χ0v) is 13.2. The van der Waals surface area contributed by atoms with Gasteiger partial charge < -0.3 is 9.47 Å². The SMILES string of the molecule is Cc1ccc(N(C)Cc2cn(C)c(=O)n(C)c2=O)c(C)c1. The molecule has 5 nitrogen and oxygen atoms in total. The van der Waals surface area contributed by atoms with E-state index in [-0.39, 0.29) is 11.2 Å². The maximum Gasteiger partial charge on any atom is 0.330 e. The van der Waals surface area contributed by atoms with Gasteiger partial charge in [0.2, 0.25) is 0 Å². The highest BCUT2D eigenvalue weighted by molar-refractivity contribution is 5.54. The first-order chi connectivity index (χ1) is 9.81. The van der Waals surface area contributed by atoms with Crippen LogP contribution in [-0.4, -0.2) is 16.2 Å². The monoisotopic (exact) mass is 287 g/mol. The zero-order valence-electron chi connectivity index (χ0n) is 13.2. The van der Waals surface area contributed by atoms with E-state index in [0.717, 1.165) is 10.3 Å². The van der Waals surface area contributed by atoms with Crippen molar-refractivity contribution >= 4 is 5.69 Å². The van der Waals surface area contributed by atoms with Gasteiger partial charge in [-0.25, -0.2) is 4.79 Å². The van der Waals surface area contributed by atoms with E-state index in [9.17, 15) is 9.59 Å². The molecule has 1 aromatic heterocycles. The number of nitrogens with zero attached hydrogens (tertiary/aromatic N) is 3. The predicted octanol–water partition coefficient (Wildman–Crippen LogP) is 1.34. The lowest BCUT2D eigenvalue weighted by Crippen LogP contribution is -2.39. The van der Waals surface area contributed by atoms with Crippen molar-refractivity contribution in [3.8, 4) is 0 Å². The Hall–Kier alpha value is -2.30. The lowest BCUT2D eigenvalue weighted by molar-refractivity contribution is 0.664. The van der Waals surface area contributed by atoms with Gasteiger partial charge in [0.15, 0.2) is 0 Å². The molecule has 112 valence electrons. The third-order valence-electron chi connectivity index (χ3n) is 3.69. The summed E-state index contributed by atoms with van der Waals surface area (Å²) in [6.07, 6.45) is 1.62. The molecule has 0 aliphatic heterocycles. The lowest BCUT2D eigenvalue weighted by atomic mass is 10.1. The molecule has 0 radical (unpaired) electrons. The largest absolute Gasteiger partial charge is 0.370 e. The minimum absolute atomic E-state index is 0.241. The number of hydrogen-bond acceptors (Lipinski definition) is 3. The van der Waals surface area contributed by atoms with Crippen LogP contribution in [0.2, 0.25) is 0 Å². The molecule has 0 atom stereocenters. The van der Waals surface area contributed by atoms with E-state index in [4.69, 9.17) is 0 Å². The number of hydrogen-bond donors (Lipinski definition) is 0. The Morgan fingerprint density at radius 2 is 1.81 bits per heavy atom. The molecule has 0 bridgehead atoms. The van der Waals surface area contributed by atoms with Crippen LogP contribution in [0.15, 0.2) is 34.0 Å². The fourth-order valence-corrected chi connectivity index (χ4v) is 2.57. The van der Waals surface area contributed by atoms with Gasteiger partial charge in [-0.15, -0.1) is 0 Å². The Balaban J connectivity index is 2.38. The molecular weight excluding hydrogens is 266 g/mol. The summed E-state index contributed by atoms with van der Waals surface area (Å²) in [4.78, 5) is 25.9. The molecule has 0 saturated carbocycles. The van der Waals surface area contributed by atoms with Crippen LogP contribution < -0.4 is 16.1 Å². The molecule has 0 aliphatic rings. The smallest absolute Gasteiger partial charge is 0.330 e. The second kappa shape index (κ2) is 5.60. The van der Waals surface area contributed by atoms with Gasteiger partial charge in [0.05, 0.1) is 5.56 Å². The normalized spacial score (nSPS) is 10.7. The van der Waals surface area contributed by atoms with Gasteiger partial charge in [-0.1, -0.05) is 17.7 Å². The summed E-state index contributed by atoms with van der Waals surface area (Å²) >= 11 is 0. The quantitative estimate of drug-likeness (QED) is 0.856. The summed E-state index contributed by atoms with van der Waals surface area (Å²) in [5.74, 6) is 0. The fourth-order valence-electron chi connectivity index (χ4n) is 2.57. The molecule has 0 aliphatic carbocycles. The van der Waals surface area contributed by atoms with Crippen molar-refractivity contribution in [2.75, 3.05) is 11.9 Å². The van der Waals surface area contributed by atoms with Crippen molar-refractivity contribution in [3.05, 3.63) is 61.9 Å². The molecule has 0 amide bonds. The molecule has 1 aromatic carbocycles. The third-order valence-corrected chi connectivity index (χ3v) is 3.69. The maximum absolute atomic E-state index is 12.2. The molecule has 2 rings (SSSR count). The molecule has 0 fully saturated rings. The number of aromatic nitrogens is 2. The molecular formula is C16H21N3O2. The molecule has 0 unspecified atom stereocenters. The van der Waals surface area contributed by atoms with Crippen LogP contribution in [0.1, 0.15) is 16.7 Å². The summed E-state index contributed by atoms with van der Waals surface area (Å²) in [6, 6.07) is 6.22. The number of aryl methyl sites for hydroxylation is 3. The number of anilines is 1. The summed E-state index contributed by atoms with van der Waals surface area (Å²) in [6.45, 7) is 4.57. The standard InChI is InChI=1S/C16H21N3O2/c1-11-6-7-14(12(2)8-11)17(3)9-13-10-18(4)16(21)19(5)15(13)20/h6-8,10H,9H2,1-5H3. The van der Waals surface area contributed by atoms with Gasteiger partial charge in [0.25, 0.3) is 5.56 Å². The van der Waals surface area contributed by atoms with E-state index in [1.165, 1.54) is 22.7 Å². The highest BCUT2D eigenvalue weighted by Crippen LogP contribution is 2.20. The highest BCUT2D eigenvalue weighted by Gasteiger charge is 2.11. The van der Waals surface area contributed by atoms with Crippen molar-refractivity contribution in [2.45, 2.75) is 20.4 Å². The van der Waals surface area contributed by atoms with Crippen LogP contribution in [0.3, 0.4) is 0 Å². The zero-order chi connectivity index (χ0) is 15.7. The van der Waals surface area contributed by atoms with Gasteiger partial charge in [-0.05, 0) is 25.5 Å². The summed E-state index contributed by atoms with van der Waals surface area (Å²) in [7, 11) is 5.11. The minimum Gasteiger partial charge on any atom is -0.370 e. The Bertz CT molecular complexity index is 787. The second-order valence-corrected chi connectivity index (χ2v) is 5.56. The van der Waals surface area contributed by atoms with Crippen molar-refractivity contribution < 1.29 is 0 Å². The molecule has 1 heterocycles. The van der Waals surface area contributed by atoms with Gasteiger partial charge in [-0.3, -0.25) is 9.36 Å². The highest BCUT2D eigenvalue weighted by atomic mass is 16.2. The molecule has 0 saturated heterocycles. The first-order valence-corrected chi connectivity index (χ1v) is 6.85. The first kappa shape index (κ1) is 15.1. The third kappa shape index (κ3) is 2.91. The Morgan fingerprint density at radius 3 is 2.43 bits per heavy atom. The minimum atomic E-state index is -0.307. The molecule has 21 heavy (non-hydrogen) atoms. The van der Waals surface area contributed by atoms with Crippen molar-refractivity contribution in [1.82, 2.24) is 9.13 Å². The van der Waals surface area contributed by atoms with E-state index in [1.54, 1.807) is 13.2 Å². The van der Waals surface area contributed by atoms with Crippen LogP contribution in [0.5, 0.6) is 0 Å². The topological polar surface area (TPSA) is 47.2 Å². The summed E-state index contributed by atoms with van der Waals surface area (Å²) < 4.78 is 2.58. The van der Waals surface area contributed by atoms with Gasteiger partial charge in [0.1, 0.15) is 0 Å². The Kier molecular flexibility index (Phi) is 4.02. The van der Waals surface area contributed by atoms with Crippen molar-refractivity contribution in [3.63, 3.8) is 0 Å². The van der Waals surface area contributed by atoms with Crippen molar-refractivity contribution in [2.24, 2.45) is 14.1 Å². The van der Waals surface area contributed by atoms with E-state index >= 15 is 0 Å². The molecule has 5 heteroatoms. The van der Waals surface area contributed by atoms with E-state index < -0.39 is 0 Å². The summed E-state index contributed by atoms with van der Waals surface area (Å²) in [5.41, 5.74) is 3.51. The van der Waals surface area contributed by atoms with Gasteiger partial charge >= 0.3 is 5.69 Å². The van der Waals surface area contributed by atoms with Crippen LogP contribution in [0.4, 0.5) is 5.69 Å². The first-order valence-electron chi connectivity index (χ1n) is 6.85. The number of rotatable bonds is 3. The maximum atomic E-state index is 12.2. The van der Waals surface area contributed by atoms with Crippen molar-refractivity contribution in [1.29, 1.82) is 0 Å². The number of benzene rings is 1. The Morgan fingerprint density at radius 1 is 1.14 bits per heavy atom. The van der Waals surface area contributed by atoms with Crippen LogP contribution in [0.25, 0.3) is 0 Å². The Labute approximate surface area is 124 Å². The van der Waals surface area contributed by atoms with Crippen LogP contribution in [-0.2, 0) is 20.6 Å². The average Bonchev–Trinajstić information content (AvgIpc) is 2.42. The fraction of sp³-hybridized carbons (Fsp3) is 0.375. The van der Waals surface area contributed by atoms with Crippen LogP contribution in [0, 0.1) is 13.8 Å². The van der Waals surface area contributed by atoms with Gasteiger partial charge in [0, 0.05) is 39.6 Å². The van der Waals surface area contributed by atoms with Gasteiger partial charge in [-0.2, -0.15) is 0 Å². The van der Waals surface area contributed by atoms with E-state index in [2.05, 4.69) is 32.0 Å². The molecule has 2 aromatic rings. The average molecular weight is 287 g/mol. The molecule has 0 N–H and O–H groups in total. The van der Waals surface area contributed by atoms with Crippen LogP contribution >= 0.6 is 0 Å². The second-order valence-electron chi connectivity index (χ2n) is 5.56. The summed E-state index contributed by atoms with van der Waals surface area (Å²) in [5, 5.41) is 0.